The second-order valence-electron chi connectivity index (χ2n) is 5.43. The summed E-state index contributed by atoms with van der Waals surface area (Å²) in [6.45, 7) is 1.42. The molecule has 0 unspecified atom stereocenters. The van der Waals surface area contributed by atoms with Crippen molar-refractivity contribution >= 4 is 5.91 Å². The Morgan fingerprint density at radius 3 is 2.71 bits per heavy atom. The Kier molecular flexibility index (Phi) is 5.25. The van der Waals surface area contributed by atoms with Crippen molar-refractivity contribution in [1.82, 2.24) is 10.2 Å². The zero-order chi connectivity index (χ0) is 15.3. The molecule has 2 rings (SSSR count). The Hall–Kier alpha value is -1.53. The van der Waals surface area contributed by atoms with E-state index >= 15 is 0 Å². The SMILES string of the molecule is NCC(F)(F)CNC(=O)c1cccc(CN2CCCC2)c1. The number of alkyl halides is 2. The van der Waals surface area contributed by atoms with Gasteiger partial charge in [0.05, 0.1) is 13.1 Å². The highest BCUT2D eigenvalue weighted by Gasteiger charge is 2.27. The molecule has 0 radical (unpaired) electrons. The first-order valence-electron chi connectivity index (χ1n) is 7.17. The highest BCUT2D eigenvalue weighted by atomic mass is 19.3. The molecule has 1 heterocycles. The largest absolute Gasteiger partial charge is 0.346 e. The van der Waals surface area contributed by atoms with E-state index in [2.05, 4.69) is 10.2 Å². The van der Waals surface area contributed by atoms with Crippen LogP contribution in [0.4, 0.5) is 8.78 Å². The van der Waals surface area contributed by atoms with Crippen LogP contribution < -0.4 is 11.1 Å². The summed E-state index contributed by atoms with van der Waals surface area (Å²) >= 11 is 0. The standard InChI is InChI=1S/C15H21F2N3O/c16-15(17,10-18)11-19-14(21)13-5-3-4-12(8-13)9-20-6-1-2-7-20/h3-5,8H,1-2,6-7,9-11,18H2,(H,19,21). The van der Waals surface area contributed by atoms with Crippen molar-refractivity contribution in [2.24, 2.45) is 5.73 Å². The quantitative estimate of drug-likeness (QED) is 0.838. The Morgan fingerprint density at radius 2 is 2.05 bits per heavy atom. The summed E-state index contributed by atoms with van der Waals surface area (Å²) in [7, 11) is 0. The van der Waals surface area contributed by atoms with Gasteiger partial charge in [-0.05, 0) is 43.6 Å². The summed E-state index contributed by atoms with van der Waals surface area (Å²) in [6.07, 6.45) is 2.41. The first-order chi connectivity index (χ1) is 10.00. The fraction of sp³-hybridized carbons (Fsp3) is 0.533. The zero-order valence-electron chi connectivity index (χ0n) is 11.9. The third-order valence-corrected chi connectivity index (χ3v) is 3.60. The maximum Gasteiger partial charge on any atom is 0.277 e. The van der Waals surface area contributed by atoms with Crippen LogP contribution in [-0.2, 0) is 6.54 Å². The van der Waals surface area contributed by atoms with Crippen molar-refractivity contribution in [3.8, 4) is 0 Å². The number of nitrogens with one attached hydrogen (secondary N) is 1. The van der Waals surface area contributed by atoms with Gasteiger partial charge in [-0.15, -0.1) is 0 Å². The molecule has 0 aliphatic carbocycles. The molecule has 1 aromatic rings. The van der Waals surface area contributed by atoms with Gasteiger partial charge in [0.1, 0.15) is 0 Å². The molecule has 4 nitrogen and oxygen atoms in total. The van der Waals surface area contributed by atoms with Gasteiger partial charge in [0, 0.05) is 12.1 Å². The van der Waals surface area contributed by atoms with Crippen LogP contribution in [0.2, 0.25) is 0 Å². The molecule has 116 valence electrons. The van der Waals surface area contributed by atoms with E-state index in [4.69, 9.17) is 5.73 Å². The van der Waals surface area contributed by atoms with E-state index in [0.717, 1.165) is 25.2 Å². The third kappa shape index (κ3) is 4.75. The highest BCUT2D eigenvalue weighted by molar-refractivity contribution is 5.94. The summed E-state index contributed by atoms with van der Waals surface area (Å²) in [5.41, 5.74) is 6.37. The molecular weight excluding hydrogens is 276 g/mol. The molecule has 0 bridgehead atoms. The van der Waals surface area contributed by atoms with Gasteiger partial charge >= 0.3 is 0 Å². The van der Waals surface area contributed by atoms with E-state index in [0.29, 0.717) is 5.56 Å². The molecule has 0 spiro atoms. The normalized spacial score (nSPS) is 16.1. The predicted octanol–water partition coefficient (Wildman–Crippen LogP) is 1.61. The average molecular weight is 297 g/mol. The first kappa shape index (κ1) is 15.9. The molecule has 21 heavy (non-hydrogen) atoms. The summed E-state index contributed by atoms with van der Waals surface area (Å²) in [4.78, 5) is 14.2. The predicted molar refractivity (Wildman–Crippen MR) is 77.3 cm³/mol. The number of hydrogen-bond donors (Lipinski definition) is 2. The average Bonchev–Trinajstić information content (AvgIpc) is 2.98. The number of likely N-dealkylation sites (tertiary alicyclic amines) is 1. The molecule has 1 aliphatic rings. The smallest absolute Gasteiger partial charge is 0.277 e. The number of nitrogens with zero attached hydrogens (tertiary/aromatic N) is 1. The molecule has 0 atom stereocenters. The molecule has 1 saturated heterocycles. The lowest BCUT2D eigenvalue weighted by Gasteiger charge is -2.16. The van der Waals surface area contributed by atoms with E-state index < -0.39 is 24.9 Å². The van der Waals surface area contributed by atoms with Gasteiger partial charge in [-0.3, -0.25) is 9.69 Å². The summed E-state index contributed by atoms with van der Waals surface area (Å²) in [6, 6.07) is 7.11. The Morgan fingerprint density at radius 1 is 1.33 bits per heavy atom. The van der Waals surface area contributed by atoms with Crippen LogP contribution in [-0.4, -0.2) is 42.9 Å². The van der Waals surface area contributed by atoms with Crippen LogP contribution in [0.25, 0.3) is 0 Å². The second kappa shape index (κ2) is 6.95. The summed E-state index contributed by atoms with van der Waals surface area (Å²) in [5, 5.41) is 2.23. The lowest BCUT2D eigenvalue weighted by Crippen LogP contribution is -2.41. The van der Waals surface area contributed by atoms with Crippen LogP contribution in [0.1, 0.15) is 28.8 Å². The van der Waals surface area contributed by atoms with Gasteiger partial charge in [-0.2, -0.15) is 0 Å². The van der Waals surface area contributed by atoms with Gasteiger partial charge < -0.3 is 11.1 Å². The van der Waals surface area contributed by atoms with Crippen molar-refractivity contribution in [1.29, 1.82) is 0 Å². The number of hydrogen-bond acceptors (Lipinski definition) is 3. The van der Waals surface area contributed by atoms with Crippen molar-refractivity contribution < 1.29 is 13.6 Å². The van der Waals surface area contributed by atoms with Gasteiger partial charge in [0.15, 0.2) is 0 Å². The molecule has 1 aliphatic heterocycles. The zero-order valence-corrected chi connectivity index (χ0v) is 11.9. The molecule has 0 saturated carbocycles. The number of carbonyl (C=O) groups excluding carboxylic acids is 1. The number of halogens is 2. The Balaban J connectivity index is 1.94. The summed E-state index contributed by atoms with van der Waals surface area (Å²) < 4.78 is 26.1. The Labute approximate surface area is 123 Å². The van der Waals surface area contributed by atoms with E-state index in [-0.39, 0.29) is 0 Å². The number of nitrogens with two attached hydrogens (primary N) is 1. The molecule has 1 aromatic carbocycles. The van der Waals surface area contributed by atoms with Crippen LogP contribution >= 0.6 is 0 Å². The molecule has 1 amide bonds. The van der Waals surface area contributed by atoms with E-state index in [9.17, 15) is 13.6 Å². The van der Waals surface area contributed by atoms with Crippen LogP contribution in [0, 0.1) is 0 Å². The lowest BCUT2D eigenvalue weighted by atomic mass is 10.1. The summed E-state index contributed by atoms with van der Waals surface area (Å²) in [5.74, 6) is -3.56. The van der Waals surface area contributed by atoms with Gasteiger partial charge in [0.2, 0.25) is 0 Å². The van der Waals surface area contributed by atoms with E-state index in [1.54, 1.807) is 18.2 Å². The van der Waals surface area contributed by atoms with Gasteiger partial charge in [-0.25, -0.2) is 8.78 Å². The van der Waals surface area contributed by atoms with Crippen molar-refractivity contribution in [2.45, 2.75) is 25.3 Å². The molecule has 6 heteroatoms. The fourth-order valence-electron chi connectivity index (χ4n) is 2.39. The number of amides is 1. The number of benzene rings is 1. The fourth-order valence-corrected chi connectivity index (χ4v) is 2.39. The molecule has 1 fully saturated rings. The second-order valence-corrected chi connectivity index (χ2v) is 5.43. The minimum atomic E-state index is -3.07. The minimum absolute atomic E-state index is 0.402. The maximum absolute atomic E-state index is 13.0. The van der Waals surface area contributed by atoms with Crippen LogP contribution in [0.3, 0.4) is 0 Å². The molecule has 3 N–H and O–H groups in total. The molecular formula is C15H21F2N3O. The van der Waals surface area contributed by atoms with Gasteiger partial charge in [0.25, 0.3) is 11.8 Å². The van der Waals surface area contributed by atoms with E-state index in [1.807, 2.05) is 6.07 Å². The maximum atomic E-state index is 13.0. The van der Waals surface area contributed by atoms with Crippen molar-refractivity contribution in [3.63, 3.8) is 0 Å². The van der Waals surface area contributed by atoms with Crippen LogP contribution in [0.5, 0.6) is 0 Å². The first-order valence-corrected chi connectivity index (χ1v) is 7.17. The third-order valence-electron chi connectivity index (χ3n) is 3.60. The van der Waals surface area contributed by atoms with Crippen molar-refractivity contribution in [3.05, 3.63) is 35.4 Å². The minimum Gasteiger partial charge on any atom is -0.346 e. The lowest BCUT2D eigenvalue weighted by molar-refractivity contribution is 0.0118. The van der Waals surface area contributed by atoms with Crippen molar-refractivity contribution in [2.75, 3.05) is 26.2 Å². The van der Waals surface area contributed by atoms with E-state index in [1.165, 1.54) is 12.8 Å². The number of rotatable bonds is 6. The topological polar surface area (TPSA) is 58.4 Å². The highest BCUT2D eigenvalue weighted by Crippen LogP contribution is 2.14. The monoisotopic (exact) mass is 297 g/mol. The van der Waals surface area contributed by atoms with Crippen LogP contribution in [0.15, 0.2) is 24.3 Å². The molecule has 0 aromatic heterocycles. The number of carbonyl (C=O) groups is 1. The van der Waals surface area contributed by atoms with Gasteiger partial charge in [-0.1, -0.05) is 12.1 Å². The Bertz CT molecular complexity index is 488.